The van der Waals surface area contributed by atoms with Crippen molar-refractivity contribution < 1.29 is 5.11 Å². The number of hydrogen-bond donors (Lipinski definition) is 1. The fraction of sp³-hybridized carbons (Fsp3) is 0.778. The SMILES string of the molecule is CCC1CN(c2cnnn2C)CC1O. The van der Waals surface area contributed by atoms with Gasteiger partial charge >= 0.3 is 0 Å². The predicted molar refractivity (Wildman–Crippen MR) is 53.0 cm³/mol. The Morgan fingerprint density at radius 1 is 1.57 bits per heavy atom. The van der Waals surface area contributed by atoms with Crippen molar-refractivity contribution >= 4 is 5.82 Å². The first-order chi connectivity index (χ1) is 6.72. The van der Waals surface area contributed by atoms with E-state index in [1.54, 1.807) is 10.9 Å². The molecule has 5 nitrogen and oxygen atoms in total. The number of aliphatic hydroxyl groups excluding tert-OH is 1. The van der Waals surface area contributed by atoms with E-state index in [2.05, 4.69) is 22.1 Å². The molecule has 2 unspecified atom stereocenters. The molecule has 1 aliphatic rings. The van der Waals surface area contributed by atoms with E-state index in [1.807, 2.05) is 7.05 Å². The fourth-order valence-corrected chi connectivity index (χ4v) is 2.01. The zero-order valence-electron chi connectivity index (χ0n) is 8.59. The van der Waals surface area contributed by atoms with Crippen LogP contribution in [0.5, 0.6) is 0 Å². The number of hydrogen-bond acceptors (Lipinski definition) is 4. The largest absolute Gasteiger partial charge is 0.391 e. The molecule has 0 aliphatic carbocycles. The van der Waals surface area contributed by atoms with Gasteiger partial charge in [0.2, 0.25) is 0 Å². The van der Waals surface area contributed by atoms with Gasteiger partial charge < -0.3 is 10.0 Å². The maximum atomic E-state index is 9.76. The molecule has 1 saturated heterocycles. The van der Waals surface area contributed by atoms with Gasteiger partial charge in [0.1, 0.15) is 5.82 Å². The Hall–Kier alpha value is -1.10. The number of rotatable bonds is 2. The summed E-state index contributed by atoms with van der Waals surface area (Å²) < 4.78 is 1.74. The molecule has 5 heteroatoms. The Labute approximate surface area is 83.3 Å². The standard InChI is InChI=1S/C9H16N4O/c1-3-7-5-13(6-8(7)14)9-4-10-11-12(9)2/h4,7-8,14H,3,5-6H2,1-2H3. The molecule has 14 heavy (non-hydrogen) atoms. The molecule has 0 aromatic carbocycles. The average molecular weight is 196 g/mol. The van der Waals surface area contributed by atoms with E-state index < -0.39 is 0 Å². The summed E-state index contributed by atoms with van der Waals surface area (Å²) in [7, 11) is 1.87. The van der Waals surface area contributed by atoms with Crippen molar-refractivity contribution in [2.75, 3.05) is 18.0 Å². The molecule has 2 atom stereocenters. The summed E-state index contributed by atoms with van der Waals surface area (Å²) in [6, 6.07) is 0. The molecule has 1 aliphatic heterocycles. The minimum atomic E-state index is -0.213. The lowest BCUT2D eigenvalue weighted by Crippen LogP contribution is -2.23. The highest BCUT2D eigenvalue weighted by Crippen LogP contribution is 2.24. The van der Waals surface area contributed by atoms with Crippen molar-refractivity contribution in [2.45, 2.75) is 19.4 Å². The van der Waals surface area contributed by atoms with Crippen LogP contribution in [0.1, 0.15) is 13.3 Å². The lowest BCUT2D eigenvalue weighted by atomic mass is 10.0. The maximum absolute atomic E-state index is 9.76. The Kier molecular flexibility index (Phi) is 2.41. The van der Waals surface area contributed by atoms with Crippen LogP contribution in [0.25, 0.3) is 0 Å². The zero-order chi connectivity index (χ0) is 10.1. The topological polar surface area (TPSA) is 54.2 Å². The summed E-state index contributed by atoms with van der Waals surface area (Å²) in [5.74, 6) is 1.37. The Balaban J connectivity index is 2.12. The highest BCUT2D eigenvalue weighted by Gasteiger charge is 2.31. The molecule has 0 radical (unpaired) electrons. The fourth-order valence-electron chi connectivity index (χ4n) is 2.01. The third kappa shape index (κ3) is 1.48. The van der Waals surface area contributed by atoms with Crippen LogP contribution < -0.4 is 4.90 Å². The van der Waals surface area contributed by atoms with Crippen molar-refractivity contribution in [1.29, 1.82) is 0 Å². The van der Waals surface area contributed by atoms with Gasteiger partial charge in [-0.3, -0.25) is 0 Å². The zero-order valence-corrected chi connectivity index (χ0v) is 8.59. The Bertz CT molecular complexity index is 312. The molecule has 1 N–H and O–H groups in total. The Morgan fingerprint density at radius 3 is 2.86 bits per heavy atom. The van der Waals surface area contributed by atoms with Crippen LogP contribution in [0.3, 0.4) is 0 Å². The van der Waals surface area contributed by atoms with Crippen molar-refractivity contribution in [1.82, 2.24) is 15.0 Å². The number of β-amino-alcohol motifs (C(OH)–C–C–N with tert-alkyl or cyclic N) is 1. The molecular weight excluding hydrogens is 180 g/mol. The summed E-state index contributed by atoms with van der Waals surface area (Å²) in [5, 5.41) is 17.5. The van der Waals surface area contributed by atoms with Gasteiger partial charge in [0.25, 0.3) is 0 Å². The normalized spacial score (nSPS) is 27.2. The molecular formula is C9H16N4O. The van der Waals surface area contributed by atoms with E-state index in [-0.39, 0.29) is 6.10 Å². The minimum absolute atomic E-state index is 0.213. The van der Waals surface area contributed by atoms with Crippen LogP contribution in [-0.2, 0) is 7.05 Å². The van der Waals surface area contributed by atoms with Gasteiger partial charge in [-0.25, -0.2) is 4.68 Å². The van der Waals surface area contributed by atoms with Crippen LogP contribution in [0.15, 0.2) is 6.20 Å². The van der Waals surface area contributed by atoms with Gasteiger partial charge in [-0.2, -0.15) is 0 Å². The quantitative estimate of drug-likeness (QED) is 0.724. The molecule has 0 saturated carbocycles. The highest BCUT2D eigenvalue weighted by molar-refractivity contribution is 5.37. The Morgan fingerprint density at radius 2 is 2.36 bits per heavy atom. The molecule has 2 heterocycles. The molecule has 1 aromatic rings. The molecule has 1 aromatic heterocycles. The number of aliphatic hydroxyl groups is 1. The number of anilines is 1. The summed E-state index contributed by atoms with van der Waals surface area (Å²) >= 11 is 0. The van der Waals surface area contributed by atoms with Gasteiger partial charge in [0, 0.05) is 26.1 Å². The highest BCUT2D eigenvalue weighted by atomic mass is 16.3. The molecule has 2 rings (SSSR count). The molecule has 0 amide bonds. The van der Waals surface area contributed by atoms with Gasteiger partial charge in [-0.15, -0.1) is 5.10 Å². The van der Waals surface area contributed by atoms with Crippen molar-refractivity contribution in [2.24, 2.45) is 13.0 Å². The van der Waals surface area contributed by atoms with Crippen LogP contribution in [0.4, 0.5) is 5.82 Å². The van der Waals surface area contributed by atoms with Crippen LogP contribution in [0, 0.1) is 5.92 Å². The van der Waals surface area contributed by atoms with E-state index in [4.69, 9.17) is 0 Å². The van der Waals surface area contributed by atoms with Gasteiger partial charge in [-0.05, 0) is 6.42 Å². The van der Waals surface area contributed by atoms with E-state index in [0.29, 0.717) is 12.5 Å². The van der Waals surface area contributed by atoms with E-state index in [9.17, 15) is 5.11 Å². The smallest absolute Gasteiger partial charge is 0.147 e. The van der Waals surface area contributed by atoms with Crippen molar-refractivity contribution in [3.63, 3.8) is 0 Å². The summed E-state index contributed by atoms with van der Waals surface area (Å²) in [6.07, 6.45) is 2.54. The lowest BCUT2D eigenvalue weighted by molar-refractivity contribution is 0.146. The van der Waals surface area contributed by atoms with E-state index in [0.717, 1.165) is 18.8 Å². The van der Waals surface area contributed by atoms with Gasteiger partial charge in [0.15, 0.2) is 0 Å². The molecule has 0 spiro atoms. The molecule has 1 fully saturated rings. The number of nitrogens with zero attached hydrogens (tertiary/aromatic N) is 4. The summed E-state index contributed by atoms with van der Waals surface area (Å²) in [4.78, 5) is 2.14. The van der Waals surface area contributed by atoms with Gasteiger partial charge in [0.05, 0.1) is 12.3 Å². The first-order valence-corrected chi connectivity index (χ1v) is 5.00. The summed E-state index contributed by atoms with van der Waals surface area (Å²) in [5.41, 5.74) is 0. The minimum Gasteiger partial charge on any atom is -0.391 e. The third-order valence-electron chi connectivity index (χ3n) is 2.95. The van der Waals surface area contributed by atoms with Crippen molar-refractivity contribution in [3.8, 4) is 0 Å². The maximum Gasteiger partial charge on any atom is 0.147 e. The first-order valence-electron chi connectivity index (χ1n) is 5.00. The van der Waals surface area contributed by atoms with Crippen molar-refractivity contribution in [3.05, 3.63) is 6.20 Å². The second-order valence-corrected chi connectivity index (χ2v) is 3.86. The van der Waals surface area contributed by atoms with Crippen LogP contribution in [0.2, 0.25) is 0 Å². The molecule has 78 valence electrons. The lowest BCUT2D eigenvalue weighted by Gasteiger charge is -2.16. The summed E-state index contributed by atoms with van der Waals surface area (Å²) in [6.45, 7) is 3.71. The van der Waals surface area contributed by atoms with Gasteiger partial charge in [-0.1, -0.05) is 12.1 Å². The predicted octanol–water partition coefficient (Wildman–Crippen LogP) is 0.0222. The third-order valence-corrected chi connectivity index (χ3v) is 2.95. The average Bonchev–Trinajstić information content (AvgIpc) is 2.71. The monoisotopic (exact) mass is 196 g/mol. The second kappa shape index (κ2) is 3.57. The number of aromatic nitrogens is 3. The van der Waals surface area contributed by atoms with Crippen LogP contribution >= 0.6 is 0 Å². The van der Waals surface area contributed by atoms with E-state index >= 15 is 0 Å². The first kappa shape index (κ1) is 9.45. The number of aryl methyl sites for hydroxylation is 1. The van der Waals surface area contributed by atoms with Crippen LogP contribution in [-0.4, -0.2) is 39.3 Å². The second-order valence-electron chi connectivity index (χ2n) is 3.86. The van der Waals surface area contributed by atoms with E-state index in [1.165, 1.54) is 0 Å². The molecule has 0 bridgehead atoms.